The number of nitrogens with zero attached hydrogens (tertiary/aromatic N) is 1. The number of nitrogens with two attached hydrogens (primary N) is 1. The van der Waals surface area contributed by atoms with Gasteiger partial charge in [0.2, 0.25) is 0 Å². The monoisotopic (exact) mass is 226 g/mol. The molecule has 0 spiro atoms. The number of aromatic nitrogens is 1. The number of hydrogen-bond acceptors (Lipinski definition) is 2. The van der Waals surface area contributed by atoms with Crippen molar-refractivity contribution in [1.82, 2.24) is 4.98 Å². The van der Waals surface area contributed by atoms with E-state index in [4.69, 9.17) is 5.73 Å². The summed E-state index contributed by atoms with van der Waals surface area (Å²) in [6, 6.07) is 1.51. The van der Waals surface area contributed by atoms with Gasteiger partial charge in [-0.25, -0.2) is 0 Å². The van der Waals surface area contributed by atoms with E-state index in [-0.39, 0.29) is 18.1 Å². The van der Waals surface area contributed by atoms with Crippen molar-refractivity contribution in [3.8, 4) is 0 Å². The van der Waals surface area contributed by atoms with E-state index in [1.165, 1.54) is 19.2 Å². The molecular weight excluding hydrogens is 217 g/mol. The van der Waals surface area contributed by atoms with Gasteiger partial charge in [0.15, 0.2) is 0 Å². The normalized spacial score (nSPS) is 13.2. The summed E-state index contributed by atoms with van der Waals surface area (Å²) in [5, 5.41) is 0. The maximum atomic E-state index is 12.3. The average Bonchev–Trinajstić information content (AvgIpc) is 2.03. The van der Waals surface area contributed by atoms with Crippen LogP contribution in [0.4, 0.5) is 13.2 Å². The van der Waals surface area contributed by atoms with Gasteiger partial charge < -0.3 is 5.73 Å². The Balaban J connectivity index is 0.00000169. The third-order valence-corrected chi connectivity index (χ3v) is 1.58. The molecule has 0 radical (unpaired) electrons. The first-order valence-corrected chi connectivity index (χ1v) is 3.70. The minimum Gasteiger partial charge on any atom is -0.323 e. The third kappa shape index (κ3) is 2.85. The molecule has 0 aliphatic rings. The van der Waals surface area contributed by atoms with Gasteiger partial charge in [0.25, 0.3) is 0 Å². The summed E-state index contributed by atoms with van der Waals surface area (Å²) in [4.78, 5) is 3.60. The molecule has 0 fully saturated rings. The Morgan fingerprint density at radius 1 is 1.43 bits per heavy atom. The summed E-state index contributed by atoms with van der Waals surface area (Å²) in [6.07, 6.45) is -3.08. The molecule has 14 heavy (non-hydrogen) atoms. The smallest absolute Gasteiger partial charge is 0.323 e. The standard InChI is InChI=1S/C8H9F3N2.ClH/c1-5(12)7-6(8(9,10)11)3-2-4-13-7;/h2-5H,12H2,1H3;1H/t5-;/m1./s1. The van der Waals surface area contributed by atoms with Crippen molar-refractivity contribution in [3.63, 3.8) is 0 Å². The molecule has 1 atom stereocenters. The fraction of sp³-hybridized carbons (Fsp3) is 0.375. The number of hydrogen-bond donors (Lipinski definition) is 1. The van der Waals surface area contributed by atoms with Crippen molar-refractivity contribution in [2.75, 3.05) is 0 Å². The molecule has 1 heterocycles. The lowest BCUT2D eigenvalue weighted by atomic mass is 10.1. The number of alkyl halides is 3. The first-order valence-electron chi connectivity index (χ1n) is 3.70. The van der Waals surface area contributed by atoms with Gasteiger partial charge in [-0.15, -0.1) is 12.4 Å². The van der Waals surface area contributed by atoms with Crippen molar-refractivity contribution in [3.05, 3.63) is 29.6 Å². The van der Waals surface area contributed by atoms with Crippen molar-refractivity contribution in [2.45, 2.75) is 19.1 Å². The second-order valence-electron chi connectivity index (χ2n) is 2.72. The predicted octanol–water partition coefficient (Wildman–Crippen LogP) is 2.54. The van der Waals surface area contributed by atoms with E-state index in [9.17, 15) is 13.2 Å². The minimum atomic E-state index is -4.38. The summed E-state index contributed by atoms with van der Waals surface area (Å²) in [6.45, 7) is 1.47. The zero-order valence-corrected chi connectivity index (χ0v) is 8.19. The molecule has 1 aromatic heterocycles. The van der Waals surface area contributed by atoms with Crippen LogP contribution in [0.5, 0.6) is 0 Å². The first kappa shape index (κ1) is 13.2. The van der Waals surface area contributed by atoms with Crippen LogP contribution < -0.4 is 5.73 Å². The van der Waals surface area contributed by atoms with Gasteiger partial charge >= 0.3 is 6.18 Å². The molecule has 2 nitrogen and oxygen atoms in total. The molecule has 0 bridgehead atoms. The van der Waals surface area contributed by atoms with Gasteiger partial charge in [-0.3, -0.25) is 4.98 Å². The Hall–Kier alpha value is -0.810. The van der Waals surface area contributed by atoms with Crippen LogP contribution >= 0.6 is 12.4 Å². The third-order valence-electron chi connectivity index (χ3n) is 1.58. The van der Waals surface area contributed by atoms with Crippen LogP contribution in [0.2, 0.25) is 0 Å². The zero-order valence-electron chi connectivity index (χ0n) is 7.38. The molecule has 80 valence electrons. The van der Waals surface area contributed by atoms with Crippen molar-refractivity contribution in [1.29, 1.82) is 0 Å². The van der Waals surface area contributed by atoms with Crippen LogP contribution in [-0.4, -0.2) is 4.98 Å². The van der Waals surface area contributed by atoms with E-state index in [1.807, 2.05) is 0 Å². The summed E-state index contributed by atoms with van der Waals surface area (Å²) >= 11 is 0. The highest BCUT2D eigenvalue weighted by molar-refractivity contribution is 5.85. The molecule has 0 aliphatic carbocycles. The topological polar surface area (TPSA) is 38.9 Å². The Bertz CT molecular complexity index is 299. The van der Waals surface area contributed by atoms with E-state index in [1.54, 1.807) is 0 Å². The molecule has 0 saturated heterocycles. The first-order chi connectivity index (χ1) is 5.93. The highest BCUT2D eigenvalue weighted by Crippen LogP contribution is 2.32. The lowest BCUT2D eigenvalue weighted by Crippen LogP contribution is -2.16. The molecule has 1 aromatic rings. The van der Waals surface area contributed by atoms with Gasteiger partial charge in [-0.1, -0.05) is 0 Å². The van der Waals surface area contributed by atoms with E-state index in [0.717, 1.165) is 6.07 Å². The van der Waals surface area contributed by atoms with E-state index in [0.29, 0.717) is 0 Å². The second kappa shape index (κ2) is 4.61. The maximum Gasteiger partial charge on any atom is 0.418 e. The van der Waals surface area contributed by atoms with Crippen LogP contribution in [0.15, 0.2) is 18.3 Å². The van der Waals surface area contributed by atoms with E-state index < -0.39 is 17.8 Å². The Morgan fingerprint density at radius 2 is 2.00 bits per heavy atom. The maximum absolute atomic E-state index is 12.3. The average molecular weight is 227 g/mol. The van der Waals surface area contributed by atoms with Crippen LogP contribution in [0.3, 0.4) is 0 Å². The zero-order chi connectivity index (χ0) is 10.1. The SMILES string of the molecule is C[C@@H](N)c1ncccc1C(F)(F)F.Cl. The molecule has 0 saturated carbocycles. The number of halogens is 4. The molecule has 1 rings (SSSR count). The van der Waals surface area contributed by atoms with Gasteiger partial charge in [0, 0.05) is 12.2 Å². The van der Waals surface area contributed by atoms with Crippen molar-refractivity contribution >= 4 is 12.4 Å². The highest BCUT2D eigenvalue weighted by atomic mass is 35.5. The van der Waals surface area contributed by atoms with Crippen LogP contribution in [0, 0.1) is 0 Å². The molecular formula is C8H10ClF3N2. The Labute approximate surface area is 85.7 Å². The second-order valence-corrected chi connectivity index (χ2v) is 2.72. The molecule has 0 aromatic carbocycles. The molecule has 0 aliphatic heterocycles. The molecule has 2 N–H and O–H groups in total. The lowest BCUT2D eigenvalue weighted by molar-refractivity contribution is -0.138. The van der Waals surface area contributed by atoms with Gasteiger partial charge in [0.05, 0.1) is 11.3 Å². The fourth-order valence-corrected chi connectivity index (χ4v) is 1.02. The predicted molar refractivity (Wildman–Crippen MR) is 49.1 cm³/mol. The highest BCUT2D eigenvalue weighted by Gasteiger charge is 2.34. The van der Waals surface area contributed by atoms with Crippen molar-refractivity contribution in [2.24, 2.45) is 5.73 Å². The van der Waals surface area contributed by atoms with Crippen LogP contribution in [-0.2, 0) is 6.18 Å². The van der Waals surface area contributed by atoms with Crippen molar-refractivity contribution < 1.29 is 13.2 Å². The Kier molecular flexibility index (Phi) is 4.35. The van der Waals surface area contributed by atoms with Gasteiger partial charge in [-0.2, -0.15) is 13.2 Å². The van der Waals surface area contributed by atoms with Crippen LogP contribution in [0.25, 0.3) is 0 Å². The minimum absolute atomic E-state index is 0. The molecule has 0 amide bonds. The molecule has 6 heteroatoms. The summed E-state index contributed by atoms with van der Waals surface area (Å²) in [5.74, 6) is 0. The van der Waals surface area contributed by atoms with E-state index in [2.05, 4.69) is 4.98 Å². The Morgan fingerprint density at radius 3 is 2.36 bits per heavy atom. The quantitative estimate of drug-likeness (QED) is 0.799. The largest absolute Gasteiger partial charge is 0.418 e. The molecule has 0 unspecified atom stereocenters. The van der Waals surface area contributed by atoms with Gasteiger partial charge in [0.1, 0.15) is 0 Å². The van der Waals surface area contributed by atoms with Crippen LogP contribution in [0.1, 0.15) is 24.2 Å². The number of rotatable bonds is 1. The summed E-state index contributed by atoms with van der Waals surface area (Å²) in [7, 11) is 0. The number of pyridine rings is 1. The van der Waals surface area contributed by atoms with E-state index >= 15 is 0 Å². The summed E-state index contributed by atoms with van der Waals surface area (Å²) in [5.41, 5.74) is 4.47. The fourth-order valence-electron chi connectivity index (χ4n) is 1.02. The van der Waals surface area contributed by atoms with Gasteiger partial charge in [-0.05, 0) is 19.1 Å². The lowest BCUT2D eigenvalue weighted by Gasteiger charge is -2.13. The summed E-state index contributed by atoms with van der Waals surface area (Å²) < 4.78 is 36.9.